The van der Waals surface area contributed by atoms with Crippen LogP contribution in [0.3, 0.4) is 0 Å². The van der Waals surface area contributed by atoms with Crippen LogP contribution in [-0.4, -0.2) is 10.9 Å². The van der Waals surface area contributed by atoms with Gasteiger partial charge in [0.25, 0.3) is 0 Å². The Bertz CT molecular complexity index is 1110. The van der Waals surface area contributed by atoms with Gasteiger partial charge in [0.1, 0.15) is 12.0 Å². The lowest BCUT2D eigenvalue weighted by Gasteiger charge is -2.26. The average Bonchev–Trinajstić information content (AvgIpc) is 3.19. The number of carbonyl (C=O) groups is 1. The first kappa shape index (κ1) is 24.3. The molecule has 0 bridgehead atoms. The van der Waals surface area contributed by atoms with Gasteiger partial charge >= 0.3 is 0 Å². The summed E-state index contributed by atoms with van der Waals surface area (Å²) in [6, 6.07) is 14.9. The number of benzene rings is 2. The number of hydrogen-bond acceptors (Lipinski definition) is 3. The lowest BCUT2D eigenvalue weighted by Crippen LogP contribution is -2.27. The Morgan fingerprint density at radius 3 is 2.09 bits per heavy atom. The predicted molar refractivity (Wildman–Crippen MR) is 139 cm³/mol. The van der Waals surface area contributed by atoms with Crippen molar-refractivity contribution in [2.45, 2.75) is 84.5 Å². The van der Waals surface area contributed by atoms with Crippen LogP contribution in [0.5, 0.6) is 0 Å². The van der Waals surface area contributed by atoms with Crippen LogP contribution in [0.15, 0.2) is 53.1 Å². The monoisotopic (exact) mass is 458 g/mol. The number of carbonyl (C=O) groups excluding carboxylic acids is 1. The third-order valence-electron chi connectivity index (χ3n) is 6.84. The van der Waals surface area contributed by atoms with Crippen molar-refractivity contribution in [1.29, 1.82) is 0 Å². The number of anilines is 1. The molecule has 0 unspecified atom stereocenters. The highest BCUT2D eigenvalue weighted by molar-refractivity contribution is 5.93. The molecule has 0 radical (unpaired) electrons. The van der Waals surface area contributed by atoms with Crippen molar-refractivity contribution >= 4 is 11.6 Å². The van der Waals surface area contributed by atoms with Gasteiger partial charge in [0.15, 0.2) is 5.89 Å². The first-order valence-corrected chi connectivity index (χ1v) is 12.5. The molecule has 34 heavy (non-hydrogen) atoms. The number of nitrogens with one attached hydrogen (secondary N) is 1. The van der Waals surface area contributed by atoms with Crippen LogP contribution >= 0.6 is 0 Å². The summed E-state index contributed by atoms with van der Waals surface area (Å²) in [4.78, 5) is 16.9. The van der Waals surface area contributed by atoms with E-state index in [1.807, 2.05) is 12.1 Å². The van der Waals surface area contributed by atoms with Crippen LogP contribution in [0, 0.1) is 5.92 Å². The Kier molecular flexibility index (Phi) is 6.71. The minimum Gasteiger partial charge on any atom is -0.448 e. The van der Waals surface area contributed by atoms with Gasteiger partial charge in [0, 0.05) is 23.6 Å². The maximum absolute atomic E-state index is 12.1. The molecule has 1 aromatic heterocycles. The van der Waals surface area contributed by atoms with Crippen LogP contribution in [0.25, 0.3) is 11.3 Å². The zero-order valence-corrected chi connectivity index (χ0v) is 21.5. The lowest BCUT2D eigenvalue weighted by atomic mass is 9.79. The van der Waals surface area contributed by atoms with E-state index >= 15 is 0 Å². The van der Waals surface area contributed by atoms with Crippen LogP contribution in [0.4, 0.5) is 5.69 Å². The Morgan fingerprint density at radius 1 is 0.941 bits per heavy atom. The fourth-order valence-electron chi connectivity index (χ4n) is 4.12. The van der Waals surface area contributed by atoms with Crippen molar-refractivity contribution in [3.8, 4) is 11.3 Å². The summed E-state index contributed by atoms with van der Waals surface area (Å²) in [6.07, 6.45) is 6.55. The second kappa shape index (κ2) is 9.40. The zero-order valence-electron chi connectivity index (χ0n) is 21.5. The lowest BCUT2D eigenvalue weighted by molar-refractivity contribution is -0.122. The fraction of sp³-hybridized carbons (Fsp3) is 0.467. The van der Waals surface area contributed by atoms with E-state index in [4.69, 9.17) is 9.40 Å². The second-order valence-electron chi connectivity index (χ2n) is 11.7. The SMILES string of the molecule is CC(C)(C)c1cc(-c2coc(CCc3ccc(NC(=O)C4CCC4)cc3)n2)cc(C(C)(C)C)c1. The molecule has 0 saturated heterocycles. The topological polar surface area (TPSA) is 55.1 Å². The standard InChI is InChI=1S/C30H38N2O2/c1-29(2,3)23-16-22(17-24(18-23)30(4,5)6)26-19-34-27(32-26)15-12-20-10-13-25(14-11-20)31-28(33)21-8-7-9-21/h10-11,13-14,16-19,21H,7-9,12,15H2,1-6H3,(H,31,33). The Morgan fingerprint density at radius 2 is 1.56 bits per heavy atom. The van der Waals surface area contributed by atoms with Gasteiger partial charge in [0.05, 0.1) is 0 Å². The van der Waals surface area contributed by atoms with Crippen molar-refractivity contribution in [3.63, 3.8) is 0 Å². The third kappa shape index (κ3) is 5.78. The van der Waals surface area contributed by atoms with Gasteiger partial charge < -0.3 is 9.73 Å². The number of rotatable bonds is 6. The van der Waals surface area contributed by atoms with Crippen molar-refractivity contribution in [2.75, 3.05) is 5.32 Å². The van der Waals surface area contributed by atoms with Gasteiger partial charge in [-0.3, -0.25) is 4.79 Å². The van der Waals surface area contributed by atoms with Gasteiger partial charge in [-0.05, 0) is 71.0 Å². The molecule has 4 heteroatoms. The normalized spacial score (nSPS) is 14.6. The summed E-state index contributed by atoms with van der Waals surface area (Å²) < 4.78 is 5.85. The molecule has 1 N–H and O–H groups in total. The van der Waals surface area contributed by atoms with Crippen molar-refractivity contribution < 1.29 is 9.21 Å². The number of hydrogen-bond donors (Lipinski definition) is 1. The van der Waals surface area contributed by atoms with Gasteiger partial charge in [-0.25, -0.2) is 4.98 Å². The second-order valence-corrected chi connectivity index (χ2v) is 11.7. The number of nitrogens with zero attached hydrogens (tertiary/aromatic N) is 1. The molecule has 3 aromatic rings. The number of aromatic nitrogens is 1. The van der Waals surface area contributed by atoms with Crippen molar-refractivity contribution in [1.82, 2.24) is 4.98 Å². The summed E-state index contributed by atoms with van der Waals surface area (Å²) >= 11 is 0. The van der Waals surface area contributed by atoms with Gasteiger partial charge in [-0.1, -0.05) is 66.2 Å². The highest BCUT2D eigenvalue weighted by Gasteiger charge is 2.25. The van der Waals surface area contributed by atoms with Crippen LogP contribution < -0.4 is 5.32 Å². The van der Waals surface area contributed by atoms with Crippen LogP contribution in [0.1, 0.15) is 83.4 Å². The molecule has 0 aliphatic heterocycles. The molecule has 2 aromatic carbocycles. The van der Waals surface area contributed by atoms with E-state index in [0.29, 0.717) is 0 Å². The smallest absolute Gasteiger partial charge is 0.227 e. The molecule has 0 spiro atoms. The first-order chi connectivity index (χ1) is 16.0. The maximum atomic E-state index is 12.1. The number of oxazole rings is 1. The number of aryl methyl sites for hydroxylation is 2. The zero-order chi connectivity index (χ0) is 24.5. The highest BCUT2D eigenvalue weighted by atomic mass is 16.3. The Hall–Kier alpha value is -2.88. The number of amides is 1. The highest BCUT2D eigenvalue weighted by Crippen LogP contribution is 2.34. The molecular weight excluding hydrogens is 420 g/mol. The van der Waals surface area contributed by atoms with Gasteiger partial charge in [-0.15, -0.1) is 0 Å². The predicted octanol–water partition coefficient (Wildman–Crippen LogP) is 7.46. The molecule has 180 valence electrons. The minimum absolute atomic E-state index is 0.0616. The summed E-state index contributed by atoms with van der Waals surface area (Å²) in [7, 11) is 0. The summed E-state index contributed by atoms with van der Waals surface area (Å²) in [5.74, 6) is 1.09. The van der Waals surface area contributed by atoms with Crippen molar-refractivity contribution in [2.24, 2.45) is 5.92 Å². The third-order valence-corrected chi connectivity index (χ3v) is 6.84. The molecule has 1 fully saturated rings. The molecule has 4 nitrogen and oxygen atoms in total. The summed E-state index contributed by atoms with van der Waals surface area (Å²) in [6.45, 7) is 13.5. The molecule has 1 aliphatic rings. The van der Waals surface area contributed by atoms with E-state index in [2.05, 4.69) is 77.2 Å². The quantitative estimate of drug-likeness (QED) is 0.417. The first-order valence-electron chi connectivity index (χ1n) is 12.5. The molecule has 1 amide bonds. The summed E-state index contributed by atoms with van der Waals surface area (Å²) in [5.41, 5.74) is 6.81. The van der Waals surface area contributed by atoms with E-state index < -0.39 is 0 Å². The Labute approximate surface area is 204 Å². The molecule has 1 saturated carbocycles. The molecule has 1 aliphatic carbocycles. The van der Waals surface area contributed by atoms with E-state index in [9.17, 15) is 4.79 Å². The Balaban J connectivity index is 1.43. The van der Waals surface area contributed by atoms with Crippen LogP contribution in [0.2, 0.25) is 0 Å². The average molecular weight is 459 g/mol. The van der Waals surface area contributed by atoms with E-state index in [1.54, 1.807) is 6.26 Å². The van der Waals surface area contributed by atoms with Crippen LogP contribution in [-0.2, 0) is 28.5 Å². The van der Waals surface area contributed by atoms with Crippen molar-refractivity contribution in [3.05, 3.63) is 71.3 Å². The summed E-state index contributed by atoms with van der Waals surface area (Å²) in [5, 5.41) is 3.03. The van der Waals surface area contributed by atoms with E-state index in [-0.39, 0.29) is 22.7 Å². The molecule has 4 rings (SSSR count). The fourth-order valence-corrected chi connectivity index (χ4v) is 4.12. The minimum atomic E-state index is 0.0616. The molecule has 1 heterocycles. The largest absolute Gasteiger partial charge is 0.448 e. The van der Waals surface area contributed by atoms with E-state index in [1.165, 1.54) is 23.1 Å². The van der Waals surface area contributed by atoms with E-state index in [0.717, 1.165) is 48.5 Å². The van der Waals surface area contributed by atoms with Gasteiger partial charge in [-0.2, -0.15) is 0 Å². The molecular formula is C30H38N2O2. The molecule has 0 atom stereocenters. The van der Waals surface area contributed by atoms with Gasteiger partial charge in [0.2, 0.25) is 5.91 Å². The maximum Gasteiger partial charge on any atom is 0.227 e.